The summed E-state index contributed by atoms with van der Waals surface area (Å²) in [5, 5.41) is 11.7. The monoisotopic (exact) mass is 344 g/mol. The number of nitriles is 1. The predicted octanol–water partition coefficient (Wildman–Crippen LogP) is 0.0929. The van der Waals surface area contributed by atoms with Crippen molar-refractivity contribution < 1.29 is 26.9 Å². The van der Waals surface area contributed by atoms with Gasteiger partial charge in [-0.05, 0) is 32.6 Å². The van der Waals surface area contributed by atoms with Crippen molar-refractivity contribution in [1.82, 2.24) is 5.32 Å². The Labute approximate surface area is 135 Å². The summed E-state index contributed by atoms with van der Waals surface area (Å²) in [6.07, 6.45) is 1.54. The van der Waals surface area contributed by atoms with Gasteiger partial charge in [-0.15, -0.1) is 0 Å². The number of hydrogen-bond donors (Lipinski definition) is 1. The Bertz CT molecular complexity index is 634. The van der Waals surface area contributed by atoms with Crippen LogP contribution >= 0.6 is 0 Å². The van der Waals surface area contributed by atoms with Gasteiger partial charge in [0.15, 0.2) is 0 Å². The summed E-state index contributed by atoms with van der Waals surface area (Å²) >= 11 is 0. The Hall–Kier alpha value is -1.66. The smallest absolute Gasteiger partial charge is 0.309 e. The first-order chi connectivity index (χ1) is 10.7. The lowest BCUT2D eigenvalue weighted by Gasteiger charge is -2.19. The molecule has 0 saturated heterocycles. The van der Waals surface area contributed by atoms with Crippen molar-refractivity contribution >= 4 is 22.0 Å². The van der Waals surface area contributed by atoms with Crippen molar-refractivity contribution in [3.63, 3.8) is 0 Å². The van der Waals surface area contributed by atoms with E-state index in [4.69, 9.17) is 14.2 Å². The fraction of sp³-hybridized carbons (Fsp3) is 0.786. The summed E-state index contributed by atoms with van der Waals surface area (Å²) in [7, 11) is -3.68. The number of carbonyl (C=O) groups excluding carboxylic acids is 2. The van der Waals surface area contributed by atoms with Gasteiger partial charge in [0, 0.05) is 0 Å². The summed E-state index contributed by atoms with van der Waals surface area (Å²) in [5.74, 6) is -2.50. The second-order valence-electron chi connectivity index (χ2n) is 6.04. The molecule has 1 amide bonds. The van der Waals surface area contributed by atoms with Crippen molar-refractivity contribution in [2.45, 2.75) is 44.2 Å². The quantitative estimate of drug-likeness (QED) is 0.535. The zero-order valence-electron chi connectivity index (χ0n) is 13.1. The summed E-state index contributed by atoms with van der Waals surface area (Å²) in [6.45, 7) is 1.82. The second kappa shape index (κ2) is 6.45. The highest BCUT2D eigenvalue weighted by atomic mass is 32.2. The highest BCUT2D eigenvalue weighted by Crippen LogP contribution is 2.39. The van der Waals surface area contributed by atoms with Crippen LogP contribution in [0.4, 0.5) is 0 Å². The van der Waals surface area contributed by atoms with Gasteiger partial charge in [-0.25, -0.2) is 0 Å². The number of hydrogen-bond acceptors (Lipinski definition) is 7. The number of rotatable bonds is 6. The van der Waals surface area contributed by atoms with Gasteiger partial charge in [-0.3, -0.25) is 13.8 Å². The van der Waals surface area contributed by atoms with Crippen LogP contribution in [0.5, 0.6) is 0 Å². The van der Waals surface area contributed by atoms with Crippen LogP contribution in [0.3, 0.4) is 0 Å². The molecular formula is C14H20N2O6S. The lowest BCUT2D eigenvalue weighted by Crippen LogP contribution is -2.42. The summed E-state index contributed by atoms with van der Waals surface area (Å²) in [5.41, 5.74) is -0.841. The molecule has 0 bridgehead atoms. The molecule has 0 radical (unpaired) electrons. The molecule has 0 aromatic heterocycles. The van der Waals surface area contributed by atoms with Crippen molar-refractivity contribution in [2.75, 3.05) is 12.9 Å². The number of nitrogens with zero attached hydrogens (tertiary/aromatic N) is 1. The van der Waals surface area contributed by atoms with Crippen molar-refractivity contribution in [1.29, 1.82) is 5.26 Å². The maximum atomic E-state index is 12.4. The normalized spacial score (nSPS) is 28.7. The topological polar surface area (TPSA) is 123 Å². The highest BCUT2D eigenvalue weighted by Gasteiger charge is 2.50. The maximum absolute atomic E-state index is 12.4. The highest BCUT2D eigenvalue weighted by molar-refractivity contribution is 7.86. The third kappa shape index (κ3) is 4.42. The van der Waals surface area contributed by atoms with Crippen molar-refractivity contribution in [3.05, 3.63) is 0 Å². The minimum atomic E-state index is -3.68. The van der Waals surface area contributed by atoms with Crippen LogP contribution in [0.25, 0.3) is 0 Å². The van der Waals surface area contributed by atoms with E-state index in [9.17, 15) is 18.0 Å². The average Bonchev–Trinajstić information content (AvgIpc) is 3.09. The molecule has 3 atom stereocenters. The molecule has 0 aliphatic heterocycles. The SMILES string of the molecule is CCOC(=O)[C@@H]1C[C@@H](OS(C)(=O)=O)C[C@H]1C(=O)NC1(C#N)CC1. The molecule has 0 spiro atoms. The van der Waals surface area contributed by atoms with Crippen LogP contribution in [0.2, 0.25) is 0 Å². The molecule has 2 rings (SSSR count). The zero-order chi connectivity index (χ0) is 17.3. The van der Waals surface area contributed by atoms with Gasteiger partial charge in [0.1, 0.15) is 5.54 Å². The zero-order valence-corrected chi connectivity index (χ0v) is 13.9. The van der Waals surface area contributed by atoms with Crippen molar-refractivity contribution in [2.24, 2.45) is 11.8 Å². The van der Waals surface area contributed by atoms with Crippen LogP contribution in [0.15, 0.2) is 0 Å². The van der Waals surface area contributed by atoms with Gasteiger partial charge in [0.05, 0.1) is 36.9 Å². The Balaban J connectivity index is 2.11. The van der Waals surface area contributed by atoms with E-state index in [1.54, 1.807) is 6.92 Å². The van der Waals surface area contributed by atoms with E-state index < -0.39 is 45.5 Å². The van der Waals surface area contributed by atoms with E-state index >= 15 is 0 Å². The second-order valence-corrected chi connectivity index (χ2v) is 7.64. The molecule has 2 aliphatic rings. The molecule has 0 aromatic rings. The van der Waals surface area contributed by atoms with Crippen molar-refractivity contribution in [3.8, 4) is 6.07 Å². The van der Waals surface area contributed by atoms with Crippen LogP contribution in [0.1, 0.15) is 32.6 Å². The third-order valence-corrected chi connectivity index (χ3v) is 4.70. The molecule has 0 unspecified atom stereocenters. The number of esters is 1. The van der Waals surface area contributed by atoms with Crippen LogP contribution in [0, 0.1) is 23.2 Å². The molecule has 2 fully saturated rings. The summed E-state index contributed by atoms with van der Waals surface area (Å²) < 4.78 is 32.4. The molecule has 9 heteroatoms. The van der Waals surface area contributed by atoms with E-state index in [-0.39, 0.29) is 19.4 Å². The first-order valence-corrected chi connectivity index (χ1v) is 9.29. The van der Waals surface area contributed by atoms with E-state index in [1.165, 1.54) is 0 Å². The first kappa shape index (κ1) is 17.7. The number of amides is 1. The lowest BCUT2D eigenvalue weighted by molar-refractivity contribution is -0.151. The minimum Gasteiger partial charge on any atom is -0.466 e. The molecule has 2 aliphatic carbocycles. The fourth-order valence-corrected chi connectivity index (χ4v) is 3.49. The molecule has 128 valence electrons. The Morgan fingerprint density at radius 1 is 1.30 bits per heavy atom. The number of nitrogens with one attached hydrogen (secondary N) is 1. The Morgan fingerprint density at radius 3 is 2.39 bits per heavy atom. The number of carbonyl (C=O) groups is 2. The van der Waals surface area contributed by atoms with Gasteiger partial charge < -0.3 is 10.1 Å². The van der Waals surface area contributed by atoms with E-state index in [0.29, 0.717) is 12.8 Å². The van der Waals surface area contributed by atoms with Crippen LogP contribution in [-0.4, -0.2) is 44.8 Å². The molecule has 0 aromatic carbocycles. The lowest BCUT2D eigenvalue weighted by atomic mass is 9.95. The van der Waals surface area contributed by atoms with Gasteiger partial charge in [0.25, 0.3) is 10.1 Å². The molecule has 2 saturated carbocycles. The van der Waals surface area contributed by atoms with Gasteiger partial charge in [-0.2, -0.15) is 13.7 Å². The van der Waals surface area contributed by atoms with Gasteiger partial charge >= 0.3 is 5.97 Å². The maximum Gasteiger partial charge on any atom is 0.309 e. The minimum absolute atomic E-state index is 0.101. The summed E-state index contributed by atoms with van der Waals surface area (Å²) in [6, 6.07) is 2.05. The molecular weight excluding hydrogens is 324 g/mol. The Kier molecular flexibility index (Phi) is 4.96. The molecule has 8 nitrogen and oxygen atoms in total. The Morgan fingerprint density at radius 2 is 1.91 bits per heavy atom. The number of ether oxygens (including phenoxy) is 1. The third-order valence-electron chi connectivity index (χ3n) is 4.08. The van der Waals surface area contributed by atoms with E-state index in [0.717, 1.165) is 6.26 Å². The van der Waals surface area contributed by atoms with Crippen LogP contribution in [-0.2, 0) is 28.6 Å². The largest absolute Gasteiger partial charge is 0.466 e. The van der Waals surface area contributed by atoms with Gasteiger partial charge in [0.2, 0.25) is 5.91 Å². The first-order valence-electron chi connectivity index (χ1n) is 7.48. The van der Waals surface area contributed by atoms with E-state index in [1.807, 2.05) is 0 Å². The molecule has 23 heavy (non-hydrogen) atoms. The molecule has 1 N–H and O–H groups in total. The molecule has 0 heterocycles. The standard InChI is InChI=1S/C14H20N2O6S/c1-3-21-13(18)11-7-9(22-23(2,19)20)6-10(11)12(17)16-14(8-15)4-5-14/h9-11H,3-7H2,1-2H3,(H,16,17)/t9-,10+,11+/m0/s1. The summed E-state index contributed by atoms with van der Waals surface area (Å²) in [4.78, 5) is 24.5. The van der Waals surface area contributed by atoms with Gasteiger partial charge in [-0.1, -0.05) is 0 Å². The average molecular weight is 344 g/mol. The van der Waals surface area contributed by atoms with Crippen LogP contribution < -0.4 is 5.32 Å². The van der Waals surface area contributed by atoms with E-state index in [2.05, 4.69) is 11.4 Å². The fourth-order valence-electron chi connectivity index (χ4n) is 2.83. The predicted molar refractivity (Wildman–Crippen MR) is 78.3 cm³/mol.